The van der Waals surface area contributed by atoms with Crippen LogP contribution in [0.25, 0.3) is 68.4 Å². The molecule has 0 aliphatic heterocycles. The van der Waals surface area contributed by atoms with Crippen molar-refractivity contribution in [1.29, 1.82) is 0 Å². The van der Waals surface area contributed by atoms with Crippen molar-refractivity contribution in [3.8, 4) is 56.3 Å². The molecule has 3 heterocycles. The molecule has 0 atom stereocenters. The van der Waals surface area contributed by atoms with Crippen molar-refractivity contribution >= 4 is 12.2 Å². The summed E-state index contributed by atoms with van der Waals surface area (Å²) >= 11 is 0. The Morgan fingerprint density at radius 2 is 1.02 bits per heavy atom. The average molecular weight is 651 g/mol. The molecule has 5 aromatic carbocycles. The van der Waals surface area contributed by atoms with Crippen molar-refractivity contribution in [1.82, 2.24) is 19.9 Å². The zero-order valence-corrected chi connectivity index (χ0v) is 27.6. The number of rotatable bonds is 4. The fourth-order valence-corrected chi connectivity index (χ4v) is 8.01. The van der Waals surface area contributed by atoms with Gasteiger partial charge in [-0.2, -0.15) is 0 Å². The highest BCUT2D eigenvalue weighted by atomic mass is 14.9. The molecular weight excluding hydrogens is 621 g/mol. The molecule has 2 aliphatic rings. The summed E-state index contributed by atoms with van der Waals surface area (Å²) in [5.41, 5.74) is 16.1. The summed E-state index contributed by atoms with van der Waals surface area (Å²) in [6.45, 7) is 0. The first-order valence-corrected chi connectivity index (χ1v) is 17.2. The second-order valence-corrected chi connectivity index (χ2v) is 13.1. The van der Waals surface area contributed by atoms with Crippen LogP contribution < -0.4 is 0 Å². The second-order valence-electron chi connectivity index (χ2n) is 13.1. The highest BCUT2D eigenvalue weighted by Gasteiger charge is 2.48. The highest BCUT2D eigenvalue weighted by molar-refractivity contribution is 5.92. The van der Waals surface area contributed by atoms with Crippen LogP contribution in [0.4, 0.5) is 0 Å². The molecule has 4 nitrogen and oxygen atoms in total. The number of hydrogen-bond acceptors (Lipinski definition) is 4. The van der Waals surface area contributed by atoms with Crippen LogP contribution in [0.3, 0.4) is 0 Å². The molecule has 0 N–H and O–H groups in total. The van der Waals surface area contributed by atoms with Crippen molar-refractivity contribution in [2.45, 2.75) is 5.41 Å². The van der Waals surface area contributed by atoms with E-state index in [1.165, 1.54) is 44.5 Å². The maximum absolute atomic E-state index is 5.20. The Labute approximate surface area is 296 Å². The van der Waals surface area contributed by atoms with Crippen LogP contribution >= 0.6 is 0 Å². The zero-order chi connectivity index (χ0) is 33.8. The van der Waals surface area contributed by atoms with Crippen LogP contribution in [0.1, 0.15) is 33.4 Å². The molecule has 0 unspecified atom stereocenters. The summed E-state index contributed by atoms with van der Waals surface area (Å²) in [4.78, 5) is 19.3. The van der Waals surface area contributed by atoms with E-state index < -0.39 is 5.41 Å². The van der Waals surface area contributed by atoms with Crippen LogP contribution in [-0.4, -0.2) is 19.9 Å². The van der Waals surface area contributed by atoms with Gasteiger partial charge in [0.1, 0.15) is 0 Å². The number of benzene rings is 5. The summed E-state index contributed by atoms with van der Waals surface area (Å²) < 4.78 is 0. The van der Waals surface area contributed by atoms with Crippen LogP contribution in [-0.2, 0) is 5.41 Å². The first-order valence-electron chi connectivity index (χ1n) is 17.2. The Balaban J connectivity index is 1.17. The molecule has 1 spiro atoms. The van der Waals surface area contributed by atoms with Crippen LogP contribution in [0.5, 0.6) is 0 Å². The van der Waals surface area contributed by atoms with Gasteiger partial charge in [0.05, 0.1) is 22.5 Å². The molecule has 0 fully saturated rings. The number of nitrogens with zero attached hydrogens (tertiary/aromatic N) is 4. The van der Waals surface area contributed by atoms with Crippen LogP contribution in [0, 0.1) is 0 Å². The van der Waals surface area contributed by atoms with E-state index in [1.54, 1.807) is 6.20 Å². The van der Waals surface area contributed by atoms with Gasteiger partial charge in [-0.25, -0.2) is 9.97 Å². The van der Waals surface area contributed by atoms with Gasteiger partial charge in [0.25, 0.3) is 0 Å². The van der Waals surface area contributed by atoms with Crippen LogP contribution in [0.15, 0.2) is 170 Å². The molecule has 0 saturated carbocycles. The Bertz CT molecular complexity index is 2580. The summed E-state index contributed by atoms with van der Waals surface area (Å²) in [7, 11) is 0. The van der Waals surface area contributed by atoms with Gasteiger partial charge in [0, 0.05) is 40.8 Å². The Morgan fingerprint density at radius 1 is 0.392 bits per heavy atom. The lowest BCUT2D eigenvalue weighted by molar-refractivity contribution is 0.766. The molecule has 8 aromatic rings. The lowest BCUT2D eigenvalue weighted by Crippen LogP contribution is -2.29. The summed E-state index contributed by atoms with van der Waals surface area (Å²) in [6, 6.07) is 53.9. The van der Waals surface area contributed by atoms with Crippen molar-refractivity contribution in [3.05, 3.63) is 204 Å². The molecule has 10 rings (SSSR count). The maximum atomic E-state index is 5.20. The molecule has 2 aliphatic carbocycles. The van der Waals surface area contributed by atoms with Crippen molar-refractivity contribution in [2.24, 2.45) is 0 Å². The van der Waals surface area contributed by atoms with Gasteiger partial charge in [0.2, 0.25) is 0 Å². The normalized spacial score (nSPS) is 13.2. The summed E-state index contributed by atoms with van der Waals surface area (Å²) in [5.74, 6) is 0.631. The smallest absolute Gasteiger partial charge is 0.161 e. The number of hydrogen-bond donors (Lipinski definition) is 0. The largest absolute Gasteiger partial charge is 0.264 e. The Hall–Kier alpha value is -6.78. The molecular formula is C47H30N4. The summed E-state index contributed by atoms with van der Waals surface area (Å²) in [6.07, 6.45) is 9.98. The van der Waals surface area contributed by atoms with E-state index in [4.69, 9.17) is 15.0 Å². The minimum absolute atomic E-state index is 0.463. The first kappa shape index (κ1) is 29.2. The number of fused-ring (bicyclic) bond motifs is 9. The maximum Gasteiger partial charge on any atom is 0.161 e. The van der Waals surface area contributed by atoms with E-state index in [9.17, 15) is 0 Å². The SMILES string of the molecule is C1=Cc2ccccc2C2(c3ccccc31)c1ccccc1-c1cc(-c3cc(-c4ccccc4)nc(-c4ccc(-c5cccnc5)nc4)n3)ccc12. The van der Waals surface area contributed by atoms with E-state index >= 15 is 0 Å². The van der Waals surface area contributed by atoms with E-state index in [0.717, 1.165) is 39.3 Å². The van der Waals surface area contributed by atoms with Gasteiger partial charge in [-0.15, -0.1) is 0 Å². The van der Waals surface area contributed by atoms with E-state index in [1.807, 2.05) is 54.9 Å². The standard InChI is InChI=1S/C47H30N4/c1-2-13-33(14-3-1)44-28-45(51-46(50-44)36-23-25-43(49-30-36)35-15-10-26-48-29-35)34-22-24-42-38(27-34)37-16-6-9-19-41(37)47(42)39-17-7-4-11-31(39)20-21-32-12-5-8-18-40(32)47/h1-30H. The van der Waals surface area contributed by atoms with Crippen molar-refractivity contribution in [2.75, 3.05) is 0 Å². The molecule has 3 aromatic heterocycles. The van der Waals surface area contributed by atoms with Gasteiger partial charge in [-0.05, 0) is 80.9 Å². The van der Waals surface area contributed by atoms with Gasteiger partial charge >= 0.3 is 0 Å². The molecule has 0 radical (unpaired) electrons. The van der Waals surface area contributed by atoms with Gasteiger partial charge in [-0.3, -0.25) is 9.97 Å². The molecule has 4 heteroatoms. The van der Waals surface area contributed by atoms with Gasteiger partial charge in [0.15, 0.2) is 5.82 Å². The number of pyridine rings is 2. The molecule has 51 heavy (non-hydrogen) atoms. The van der Waals surface area contributed by atoms with Gasteiger partial charge in [-0.1, -0.05) is 127 Å². The quantitative estimate of drug-likeness (QED) is 0.190. The number of aromatic nitrogens is 4. The van der Waals surface area contributed by atoms with Gasteiger partial charge < -0.3 is 0 Å². The molecule has 0 amide bonds. The molecule has 0 saturated heterocycles. The van der Waals surface area contributed by atoms with E-state index in [0.29, 0.717) is 5.82 Å². The monoisotopic (exact) mass is 650 g/mol. The fourth-order valence-electron chi connectivity index (χ4n) is 8.01. The Morgan fingerprint density at radius 3 is 1.73 bits per heavy atom. The molecule has 238 valence electrons. The minimum Gasteiger partial charge on any atom is -0.264 e. The lowest BCUT2D eigenvalue weighted by Gasteiger charge is -2.35. The van der Waals surface area contributed by atoms with E-state index in [-0.39, 0.29) is 0 Å². The predicted molar refractivity (Wildman–Crippen MR) is 206 cm³/mol. The molecule has 0 bridgehead atoms. The van der Waals surface area contributed by atoms with E-state index in [2.05, 4.69) is 126 Å². The zero-order valence-electron chi connectivity index (χ0n) is 27.6. The average Bonchev–Trinajstić information content (AvgIpc) is 3.41. The topological polar surface area (TPSA) is 51.6 Å². The lowest BCUT2D eigenvalue weighted by atomic mass is 9.66. The van der Waals surface area contributed by atoms with Crippen LogP contribution in [0.2, 0.25) is 0 Å². The third kappa shape index (κ3) is 4.61. The summed E-state index contributed by atoms with van der Waals surface area (Å²) in [5, 5.41) is 0. The Kier molecular flexibility index (Phi) is 6.68. The third-order valence-electron chi connectivity index (χ3n) is 10.3. The van der Waals surface area contributed by atoms with Crippen molar-refractivity contribution < 1.29 is 0 Å². The third-order valence-corrected chi connectivity index (χ3v) is 10.3. The highest BCUT2D eigenvalue weighted by Crippen LogP contribution is 2.58. The fraction of sp³-hybridized carbons (Fsp3) is 0.0213. The first-order chi connectivity index (χ1) is 25.3. The van der Waals surface area contributed by atoms with Crippen molar-refractivity contribution in [3.63, 3.8) is 0 Å². The minimum atomic E-state index is -0.463. The predicted octanol–water partition coefficient (Wildman–Crippen LogP) is 10.8. The second kappa shape index (κ2) is 11.7.